The molecular weight excluding hydrogens is 382 g/mol. The van der Waals surface area contributed by atoms with Crippen LogP contribution in [0.15, 0.2) is 51.0 Å². The zero-order valence-corrected chi connectivity index (χ0v) is 16.6. The summed E-state index contributed by atoms with van der Waals surface area (Å²) in [6, 6.07) is 10.2. The van der Waals surface area contributed by atoms with Crippen molar-refractivity contribution in [3.63, 3.8) is 0 Å². The highest BCUT2D eigenvalue weighted by molar-refractivity contribution is 8.01. The van der Waals surface area contributed by atoms with Crippen LogP contribution in [-0.2, 0) is 0 Å². The van der Waals surface area contributed by atoms with Crippen LogP contribution in [0.5, 0.6) is 0 Å². The average Bonchev–Trinajstić information content (AvgIpc) is 2.99. The molecular formula is C19H17N3O3S2. The second-order valence-electron chi connectivity index (χ2n) is 6.13. The van der Waals surface area contributed by atoms with Gasteiger partial charge in [-0.2, -0.15) is 0 Å². The summed E-state index contributed by atoms with van der Waals surface area (Å²) in [7, 11) is 0. The first-order valence-corrected chi connectivity index (χ1v) is 9.79. The van der Waals surface area contributed by atoms with Gasteiger partial charge in [0.05, 0.1) is 9.82 Å². The van der Waals surface area contributed by atoms with Crippen LogP contribution in [0.4, 0.5) is 11.4 Å². The molecule has 0 aliphatic heterocycles. The Hall–Kier alpha value is -2.71. The number of nitrogens with one attached hydrogen (secondary N) is 1. The zero-order valence-electron chi connectivity index (χ0n) is 15.0. The average molecular weight is 399 g/mol. The van der Waals surface area contributed by atoms with Crippen LogP contribution in [-0.4, -0.2) is 15.8 Å². The van der Waals surface area contributed by atoms with Crippen LogP contribution in [0.3, 0.4) is 0 Å². The van der Waals surface area contributed by atoms with E-state index in [9.17, 15) is 14.9 Å². The van der Waals surface area contributed by atoms with Gasteiger partial charge in [0.1, 0.15) is 0 Å². The first-order valence-electron chi connectivity index (χ1n) is 8.10. The molecule has 0 spiro atoms. The van der Waals surface area contributed by atoms with Gasteiger partial charge in [0.15, 0.2) is 4.34 Å². The summed E-state index contributed by atoms with van der Waals surface area (Å²) in [5.41, 5.74) is 3.72. The van der Waals surface area contributed by atoms with Crippen LogP contribution in [0.1, 0.15) is 27.2 Å². The van der Waals surface area contributed by atoms with Crippen molar-refractivity contribution in [3.05, 3.63) is 74.3 Å². The Kier molecular flexibility index (Phi) is 5.57. The SMILES string of the molecule is Cc1cc(C)cc(NC(=O)c2ccc(Sc3nc(C)cs3)c([N+](=O)[O-])c2)c1. The van der Waals surface area contributed by atoms with Gasteiger partial charge in [-0.3, -0.25) is 14.9 Å². The molecule has 0 bridgehead atoms. The molecule has 8 heteroatoms. The molecule has 1 aromatic heterocycles. The van der Waals surface area contributed by atoms with Gasteiger partial charge in [0.25, 0.3) is 11.6 Å². The van der Waals surface area contributed by atoms with Gasteiger partial charge in [0.2, 0.25) is 0 Å². The molecule has 0 aliphatic rings. The molecule has 0 saturated heterocycles. The number of nitro groups is 1. The van der Waals surface area contributed by atoms with Gasteiger partial charge >= 0.3 is 0 Å². The summed E-state index contributed by atoms with van der Waals surface area (Å²) >= 11 is 2.66. The molecule has 2 aromatic carbocycles. The number of nitrogens with zero attached hydrogens (tertiary/aromatic N) is 2. The zero-order chi connectivity index (χ0) is 19.6. The highest BCUT2D eigenvalue weighted by Gasteiger charge is 2.19. The molecule has 3 rings (SSSR count). The third kappa shape index (κ3) is 4.72. The number of carbonyl (C=O) groups excluding carboxylic acids is 1. The number of aryl methyl sites for hydroxylation is 3. The number of nitro benzene ring substituents is 1. The molecule has 1 amide bonds. The fraction of sp³-hybridized carbons (Fsp3) is 0.158. The predicted octanol–water partition coefficient (Wildman–Crippen LogP) is 5.38. The lowest BCUT2D eigenvalue weighted by molar-refractivity contribution is -0.387. The molecule has 3 aromatic rings. The van der Waals surface area contributed by atoms with Crippen LogP contribution in [0, 0.1) is 30.9 Å². The number of thiazole rings is 1. The Morgan fingerprint density at radius 2 is 1.85 bits per heavy atom. The number of benzene rings is 2. The van der Waals surface area contributed by atoms with Crippen LogP contribution < -0.4 is 5.32 Å². The lowest BCUT2D eigenvalue weighted by Crippen LogP contribution is -2.12. The number of rotatable bonds is 5. The minimum atomic E-state index is -0.476. The van der Waals surface area contributed by atoms with Gasteiger partial charge in [0, 0.05) is 28.4 Å². The monoisotopic (exact) mass is 399 g/mol. The van der Waals surface area contributed by atoms with Gasteiger partial charge in [-0.25, -0.2) is 4.98 Å². The Labute approximate surface area is 164 Å². The minimum Gasteiger partial charge on any atom is -0.322 e. The van der Waals surface area contributed by atoms with Gasteiger partial charge in [-0.1, -0.05) is 17.8 Å². The summed E-state index contributed by atoms with van der Waals surface area (Å²) in [6.07, 6.45) is 0. The van der Waals surface area contributed by atoms with Gasteiger partial charge in [-0.15, -0.1) is 11.3 Å². The fourth-order valence-electron chi connectivity index (χ4n) is 2.61. The van der Waals surface area contributed by atoms with E-state index in [4.69, 9.17) is 0 Å². The van der Waals surface area contributed by atoms with E-state index in [1.165, 1.54) is 29.2 Å². The lowest BCUT2D eigenvalue weighted by Gasteiger charge is -2.08. The molecule has 0 aliphatic carbocycles. The first kappa shape index (κ1) is 19.1. The van der Waals surface area contributed by atoms with Crippen molar-refractivity contribution in [1.82, 2.24) is 4.98 Å². The van der Waals surface area contributed by atoms with E-state index in [1.807, 2.05) is 44.4 Å². The normalized spacial score (nSPS) is 10.6. The molecule has 1 heterocycles. The Bertz CT molecular complexity index is 1010. The van der Waals surface area contributed by atoms with Crippen molar-refractivity contribution in [2.75, 3.05) is 5.32 Å². The molecule has 138 valence electrons. The molecule has 0 saturated carbocycles. The molecule has 0 radical (unpaired) electrons. The smallest absolute Gasteiger partial charge is 0.284 e. The number of anilines is 1. The fourth-order valence-corrected chi connectivity index (χ4v) is 4.49. The third-order valence-electron chi connectivity index (χ3n) is 3.69. The van der Waals surface area contributed by atoms with Crippen molar-refractivity contribution in [3.8, 4) is 0 Å². The van der Waals surface area contributed by atoms with E-state index >= 15 is 0 Å². The number of carbonyl (C=O) groups is 1. The van der Waals surface area contributed by atoms with Crippen LogP contribution >= 0.6 is 23.1 Å². The summed E-state index contributed by atoms with van der Waals surface area (Å²) in [5, 5.41) is 16.2. The quantitative estimate of drug-likeness (QED) is 0.460. The van der Waals surface area contributed by atoms with E-state index in [0.717, 1.165) is 21.2 Å². The Morgan fingerprint density at radius 1 is 1.15 bits per heavy atom. The van der Waals surface area contributed by atoms with E-state index < -0.39 is 4.92 Å². The number of hydrogen-bond acceptors (Lipinski definition) is 6. The van der Waals surface area contributed by atoms with Crippen molar-refractivity contribution in [2.45, 2.75) is 30.0 Å². The van der Waals surface area contributed by atoms with E-state index in [1.54, 1.807) is 12.1 Å². The molecule has 1 N–H and O–H groups in total. The van der Waals surface area contributed by atoms with Gasteiger partial charge in [-0.05, 0) is 56.2 Å². The van der Waals surface area contributed by atoms with Crippen molar-refractivity contribution in [1.29, 1.82) is 0 Å². The van der Waals surface area contributed by atoms with Crippen molar-refractivity contribution < 1.29 is 9.72 Å². The number of amides is 1. The highest BCUT2D eigenvalue weighted by Crippen LogP contribution is 2.36. The second kappa shape index (κ2) is 7.89. The maximum Gasteiger partial charge on any atom is 0.284 e. The number of aromatic nitrogens is 1. The first-order chi connectivity index (χ1) is 12.8. The largest absolute Gasteiger partial charge is 0.322 e. The van der Waals surface area contributed by atoms with Gasteiger partial charge < -0.3 is 5.32 Å². The maximum absolute atomic E-state index is 12.5. The van der Waals surface area contributed by atoms with E-state index in [2.05, 4.69) is 10.3 Å². The second-order valence-corrected chi connectivity index (χ2v) is 8.27. The molecule has 0 fully saturated rings. The number of hydrogen-bond donors (Lipinski definition) is 1. The van der Waals surface area contributed by atoms with E-state index in [-0.39, 0.29) is 17.2 Å². The predicted molar refractivity (Wildman–Crippen MR) is 108 cm³/mol. The molecule has 6 nitrogen and oxygen atoms in total. The molecule has 0 unspecified atom stereocenters. The Balaban J connectivity index is 1.86. The highest BCUT2D eigenvalue weighted by atomic mass is 32.2. The molecule has 27 heavy (non-hydrogen) atoms. The summed E-state index contributed by atoms with van der Waals surface area (Å²) < 4.78 is 0.725. The Morgan fingerprint density at radius 3 is 2.44 bits per heavy atom. The van der Waals surface area contributed by atoms with Crippen LogP contribution in [0.25, 0.3) is 0 Å². The van der Waals surface area contributed by atoms with E-state index in [0.29, 0.717) is 10.6 Å². The molecule has 0 atom stereocenters. The van der Waals surface area contributed by atoms with Crippen molar-refractivity contribution in [2.24, 2.45) is 0 Å². The summed E-state index contributed by atoms with van der Waals surface area (Å²) in [4.78, 5) is 28.3. The van der Waals surface area contributed by atoms with Crippen molar-refractivity contribution >= 4 is 40.4 Å². The summed E-state index contributed by atoms with van der Waals surface area (Å²) in [6.45, 7) is 5.76. The standard InChI is InChI=1S/C19H17N3O3S2/c1-11-6-12(2)8-15(7-11)21-18(23)14-4-5-17(16(9-14)22(24)25)27-19-20-13(3)10-26-19/h4-10H,1-3H3,(H,21,23). The minimum absolute atomic E-state index is 0.110. The topological polar surface area (TPSA) is 85.1 Å². The third-order valence-corrected chi connectivity index (χ3v) is 5.81. The summed E-state index contributed by atoms with van der Waals surface area (Å²) in [5.74, 6) is -0.384. The van der Waals surface area contributed by atoms with Crippen LogP contribution in [0.2, 0.25) is 0 Å². The lowest BCUT2D eigenvalue weighted by atomic mass is 10.1. The maximum atomic E-state index is 12.5.